The van der Waals surface area contributed by atoms with Crippen LogP contribution in [0, 0.1) is 0 Å². The molecule has 0 aliphatic rings. The third-order valence-electron chi connectivity index (χ3n) is 2.60. The number of anilines is 1. The van der Waals surface area contributed by atoms with E-state index in [1.165, 1.54) is 11.3 Å². The van der Waals surface area contributed by atoms with Gasteiger partial charge in [0.1, 0.15) is 0 Å². The number of carbonyl (C=O) groups is 1. The summed E-state index contributed by atoms with van der Waals surface area (Å²) in [6.45, 7) is 0.477. The normalized spacial score (nSPS) is 10.8. The van der Waals surface area contributed by atoms with E-state index in [2.05, 4.69) is 5.32 Å². The van der Waals surface area contributed by atoms with Crippen molar-refractivity contribution in [1.29, 1.82) is 0 Å². The maximum absolute atomic E-state index is 12.5. The molecule has 21 heavy (non-hydrogen) atoms. The monoisotopic (exact) mass is 329 g/mol. The molecule has 0 aliphatic heterocycles. The van der Waals surface area contributed by atoms with E-state index in [9.17, 15) is 13.6 Å². The number of aliphatic carboxylic acids is 1. The lowest BCUT2D eigenvalue weighted by Gasteiger charge is -2.10. The Hall–Kier alpha value is -1.60. The van der Waals surface area contributed by atoms with Gasteiger partial charge in [-0.25, -0.2) is 0 Å². The van der Waals surface area contributed by atoms with Crippen molar-refractivity contribution >= 4 is 34.8 Å². The summed E-state index contributed by atoms with van der Waals surface area (Å²) >= 11 is 1.91. The third-order valence-corrected chi connectivity index (χ3v) is 4.47. The average Bonchev–Trinajstić information content (AvgIpc) is 2.84. The molecule has 1 heterocycles. The lowest BCUT2D eigenvalue weighted by Crippen LogP contribution is -1.99. The van der Waals surface area contributed by atoms with Crippen molar-refractivity contribution in [3.05, 3.63) is 46.2 Å². The minimum Gasteiger partial charge on any atom is -0.481 e. The number of alkyl halides is 2. The summed E-state index contributed by atoms with van der Waals surface area (Å²) in [5.74, 6) is -3.33. The summed E-state index contributed by atoms with van der Waals surface area (Å²) in [7, 11) is 0. The minimum atomic E-state index is -2.46. The van der Waals surface area contributed by atoms with Crippen LogP contribution in [-0.4, -0.2) is 16.8 Å². The van der Waals surface area contributed by atoms with E-state index < -0.39 is 11.7 Å². The number of nitrogens with one attached hydrogen (secondary N) is 1. The Morgan fingerprint density at radius 1 is 1.24 bits per heavy atom. The van der Waals surface area contributed by atoms with Crippen molar-refractivity contribution in [3.63, 3.8) is 0 Å². The lowest BCUT2D eigenvalue weighted by molar-refractivity contribution is -0.136. The fourth-order valence-electron chi connectivity index (χ4n) is 1.76. The highest BCUT2D eigenvalue weighted by Crippen LogP contribution is 2.32. The number of thioether (sulfide) groups is 1. The largest absolute Gasteiger partial charge is 0.481 e. The highest BCUT2D eigenvalue weighted by atomic mass is 32.2. The van der Waals surface area contributed by atoms with Crippen LogP contribution in [0.4, 0.5) is 14.5 Å². The first kappa shape index (κ1) is 15.8. The number of benzene rings is 1. The Morgan fingerprint density at radius 3 is 2.67 bits per heavy atom. The fourth-order valence-corrected chi connectivity index (χ4v) is 3.32. The molecule has 1 aromatic heterocycles. The highest BCUT2D eigenvalue weighted by molar-refractivity contribution is 7.99. The van der Waals surface area contributed by atoms with Crippen LogP contribution in [0.15, 0.2) is 41.3 Å². The second-order valence-electron chi connectivity index (χ2n) is 4.17. The molecule has 112 valence electrons. The van der Waals surface area contributed by atoms with E-state index in [0.717, 1.165) is 9.75 Å². The second kappa shape index (κ2) is 7.42. The molecule has 0 spiro atoms. The summed E-state index contributed by atoms with van der Waals surface area (Å²) in [5.41, 5.74) is 0.649. The van der Waals surface area contributed by atoms with Crippen molar-refractivity contribution in [2.45, 2.75) is 23.6 Å². The molecule has 3 nitrogen and oxygen atoms in total. The van der Waals surface area contributed by atoms with Crippen molar-refractivity contribution in [2.75, 3.05) is 5.32 Å². The van der Waals surface area contributed by atoms with E-state index in [1.54, 1.807) is 30.3 Å². The molecule has 2 aromatic rings. The zero-order valence-corrected chi connectivity index (χ0v) is 12.5. The summed E-state index contributed by atoms with van der Waals surface area (Å²) in [6, 6.07) is 10.5. The van der Waals surface area contributed by atoms with Gasteiger partial charge in [-0.05, 0) is 24.3 Å². The molecule has 7 heteroatoms. The fraction of sp³-hybridized carbons (Fsp3) is 0.214. The van der Waals surface area contributed by atoms with Crippen molar-refractivity contribution in [3.8, 4) is 0 Å². The first-order valence-electron chi connectivity index (χ1n) is 6.11. The van der Waals surface area contributed by atoms with Crippen molar-refractivity contribution in [1.82, 2.24) is 0 Å². The van der Waals surface area contributed by atoms with E-state index in [4.69, 9.17) is 5.11 Å². The Morgan fingerprint density at radius 2 is 1.95 bits per heavy atom. The third kappa shape index (κ3) is 5.02. The summed E-state index contributed by atoms with van der Waals surface area (Å²) in [5, 5.41) is 11.8. The standard InChI is InChI=1S/C14H13F2NO2S2/c15-14(16)21-12-4-2-1-3-11(12)17-8-10-6-5-9(20-10)7-13(18)19/h1-6,14,17H,7-8H2,(H,18,19). The van der Waals surface area contributed by atoms with Crippen LogP contribution in [0.3, 0.4) is 0 Å². The molecule has 0 saturated heterocycles. The number of hydrogen-bond acceptors (Lipinski definition) is 4. The topological polar surface area (TPSA) is 49.3 Å². The molecule has 0 unspecified atom stereocenters. The van der Waals surface area contributed by atoms with Crippen LogP contribution in [0.1, 0.15) is 9.75 Å². The molecule has 0 aliphatic carbocycles. The Bertz CT molecular complexity index is 617. The maximum atomic E-state index is 12.5. The van der Waals surface area contributed by atoms with Crippen LogP contribution in [0.25, 0.3) is 0 Å². The zero-order valence-electron chi connectivity index (χ0n) is 10.9. The molecular weight excluding hydrogens is 316 g/mol. The van der Waals surface area contributed by atoms with Crippen LogP contribution in [0.2, 0.25) is 0 Å². The van der Waals surface area contributed by atoms with E-state index >= 15 is 0 Å². The summed E-state index contributed by atoms with van der Waals surface area (Å²) in [4.78, 5) is 12.9. The van der Waals surface area contributed by atoms with Gasteiger partial charge in [0, 0.05) is 26.9 Å². The molecular formula is C14H13F2NO2S2. The van der Waals surface area contributed by atoms with Gasteiger partial charge in [0.2, 0.25) is 0 Å². The molecule has 0 bridgehead atoms. The van der Waals surface area contributed by atoms with Crippen LogP contribution < -0.4 is 5.32 Å². The Balaban J connectivity index is 1.99. The predicted molar refractivity (Wildman–Crippen MR) is 81.3 cm³/mol. The van der Waals surface area contributed by atoms with Crippen LogP contribution in [-0.2, 0) is 17.8 Å². The maximum Gasteiger partial charge on any atom is 0.308 e. The quantitative estimate of drug-likeness (QED) is 0.744. The van der Waals surface area contributed by atoms with Crippen LogP contribution >= 0.6 is 23.1 Å². The predicted octanol–water partition coefficient (Wildman–Crippen LogP) is 4.30. The van der Waals surface area contributed by atoms with Gasteiger partial charge in [-0.15, -0.1) is 11.3 Å². The number of hydrogen-bond donors (Lipinski definition) is 2. The second-order valence-corrected chi connectivity index (χ2v) is 6.45. The summed E-state index contributed by atoms with van der Waals surface area (Å²) < 4.78 is 24.9. The van der Waals surface area contributed by atoms with Gasteiger partial charge in [-0.1, -0.05) is 23.9 Å². The Kier molecular flexibility index (Phi) is 5.58. The van der Waals surface area contributed by atoms with Gasteiger partial charge in [-0.2, -0.15) is 8.78 Å². The van der Waals surface area contributed by atoms with E-state index in [0.29, 0.717) is 28.9 Å². The number of carboxylic acid groups (broad SMARTS) is 1. The number of thiophene rings is 1. The molecule has 2 N–H and O–H groups in total. The zero-order chi connectivity index (χ0) is 15.2. The SMILES string of the molecule is O=C(O)Cc1ccc(CNc2ccccc2SC(F)F)s1. The van der Waals surface area contributed by atoms with Gasteiger partial charge in [-0.3, -0.25) is 4.79 Å². The molecule has 0 amide bonds. The molecule has 0 atom stereocenters. The number of halogens is 2. The molecule has 0 radical (unpaired) electrons. The van der Waals surface area contributed by atoms with Gasteiger partial charge < -0.3 is 10.4 Å². The first-order valence-corrected chi connectivity index (χ1v) is 7.81. The van der Waals surface area contributed by atoms with Crippen molar-refractivity contribution < 1.29 is 18.7 Å². The smallest absolute Gasteiger partial charge is 0.308 e. The summed E-state index contributed by atoms with van der Waals surface area (Å²) in [6.07, 6.45) is 0.00247. The van der Waals surface area contributed by atoms with Crippen molar-refractivity contribution in [2.24, 2.45) is 0 Å². The average molecular weight is 329 g/mol. The lowest BCUT2D eigenvalue weighted by atomic mass is 10.3. The molecule has 0 saturated carbocycles. The van der Waals surface area contributed by atoms with E-state index in [1.807, 2.05) is 6.07 Å². The highest BCUT2D eigenvalue weighted by Gasteiger charge is 2.10. The molecule has 0 fully saturated rings. The number of rotatable bonds is 7. The Labute approximate surface area is 129 Å². The van der Waals surface area contributed by atoms with Gasteiger partial charge >= 0.3 is 5.97 Å². The van der Waals surface area contributed by atoms with E-state index in [-0.39, 0.29) is 6.42 Å². The minimum absolute atomic E-state index is 0.00247. The molecule has 2 rings (SSSR count). The van der Waals surface area contributed by atoms with Gasteiger partial charge in [0.25, 0.3) is 5.76 Å². The first-order chi connectivity index (χ1) is 10.0. The number of carboxylic acids is 1. The van der Waals surface area contributed by atoms with Gasteiger partial charge in [0.05, 0.1) is 6.42 Å². The molecule has 1 aromatic carbocycles. The van der Waals surface area contributed by atoms with Crippen LogP contribution in [0.5, 0.6) is 0 Å². The number of para-hydroxylation sites is 1. The van der Waals surface area contributed by atoms with Gasteiger partial charge in [0.15, 0.2) is 0 Å².